The molecule has 4 rings (SSSR count). The summed E-state index contributed by atoms with van der Waals surface area (Å²) in [6.45, 7) is 10.3. The molecule has 2 N–H and O–H groups in total. The maximum Gasteiger partial charge on any atom is 0.172 e. The molecular weight excluding hydrogens is 438 g/mol. The van der Waals surface area contributed by atoms with Gasteiger partial charge >= 0.3 is 0 Å². The maximum atomic E-state index is 10.6. The van der Waals surface area contributed by atoms with Crippen LogP contribution in [-0.4, -0.2) is 40.3 Å². The topological polar surface area (TPSA) is 62.2 Å². The molecule has 1 unspecified atom stereocenters. The number of ether oxygens (including phenoxy) is 2. The molecule has 186 valence electrons. The van der Waals surface area contributed by atoms with Gasteiger partial charge in [-0.2, -0.15) is 0 Å². The van der Waals surface area contributed by atoms with E-state index in [-0.39, 0.29) is 11.5 Å². The van der Waals surface area contributed by atoms with Crippen molar-refractivity contribution in [3.05, 3.63) is 77.4 Å². The van der Waals surface area contributed by atoms with Crippen molar-refractivity contribution in [1.29, 1.82) is 0 Å². The van der Waals surface area contributed by atoms with E-state index >= 15 is 0 Å². The van der Waals surface area contributed by atoms with Crippen LogP contribution in [0.1, 0.15) is 56.7 Å². The van der Waals surface area contributed by atoms with Crippen molar-refractivity contribution < 1.29 is 19.7 Å². The van der Waals surface area contributed by atoms with Gasteiger partial charge in [0, 0.05) is 24.2 Å². The van der Waals surface area contributed by atoms with Crippen molar-refractivity contribution in [2.75, 3.05) is 13.2 Å². The Labute approximate surface area is 208 Å². The van der Waals surface area contributed by atoms with Gasteiger partial charge in [-0.1, -0.05) is 18.2 Å². The molecule has 0 aromatic heterocycles. The van der Waals surface area contributed by atoms with Crippen LogP contribution in [0.3, 0.4) is 0 Å². The van der Waals surface area contributed by atoms with Gasteiger partial charge in [0.2, 0.25) is 0 Å². The average Bonchev–Trinajstić information content (AvgIpc) is 2.84. The number of phenolic OH excluding ortho intramolecular Hbond substituents is 2. The molecule has 1 aliphatic rings. The summed E-state index contributed by atoms with van der Waals surface area (Å²) in [6.07, 6.45) is 2.68. The molecule has 0 spiro atoms. The van der Waals surface area contributed by atoms with Crippen LogP contribution in [0.4, 0.5) is 0 Å². The summed E-state index contributed by atoms with van der Waals surface area (Å²) >= 11 is 0. The summed E-state index contributed by atoms with van der Waals surface area (Å²) in [4.78, 5) is 2.41. The molecule has 1 aliphatic carbocycles. The number of hydrogen-bond acceptors (Lipinski definition) is 5. The lowest BCUT2D eigenvalue weighted by Crippen LogP contribution is -2.39. The molecule has 5 heteroatoms. The Morgan fingerprint density at radius 1 is 0.857 bits per heavy atom. The van der Waals surface area contributed by atoms with Gasteiger partial charge < -0.3 is 19.7 Å². The minimum atomic E-state index is 0.162. The smallest absolute Gasteiger partial charge is 0.172 e. The van der Waals surface area contributed by atoms with Crippen molar-refractivity contribution >= 4 is 0 Å². The molecule has 0 bridgehead atoms. The van der Waals surface area contributed by atoms with E-state index in [0.29, 0.717) is 36.1 Å². The molecule has 5 nitrogen and oxygen atoms in total. The summed E-state index contributed by atoms with van der Waals surface area (Å²) in [6, 6.07) is 19.8. The lowest BCUT2D eigenvalue weighted by Gasteiger charge is -2.30. The first-order valence-corrected chi connectivity index (χ1v) is 12.6. The molecular formula is C30H37NO4. The highest BCUT2D eigenvalue weighted by molar-refractivity contribution is 5.54. The second kappa shape index (κ2) is 11.0. The molecule has 0 amide bonds. The van der Waals surface area contributed by atoms with Crippen LogP contribution >= 0.6 is 0 Å². The van der Waals surface area contributed by atoms with Gasteiger partial charge in [-0.05, 0) is 106 Å². The Hall–Kier alpha value is -3.18. The van der Waals surface area contributed by atoms with Gasteiger partial charge in [-0.3, -0.25) is 4.90 Å². The van der Waals surface area contributed by atoms with Crippen LogP contribution in [0.25, 0.3) is 0 Å². The van der Waals surface area contributed by atoms with Crippen LogP contribution in [0.5, 0.6) is 28.7 Å². The fourth-order valence-electron chi connectivity index (χ4n) is 5.06. The van der Waals surface area contributed by atoms with Gasteiger partial charge in [-0.25, -0.2) is 0 Å². The molecule has 35 heavy (non-hydrogen) atoms. The third-order valence-corrected chi connectivity index (χ3v) is 6.90. The Morgan fingerprint density at radius 2 is 1.51 bits per heavy atom. The minimum Gasteiger partial charge on any atom is -0.508 e. The lowest BCUT2D eigenvalue weighted by atomic mass is 9.80. The van der Waals surface area contributed by atoms with Gasteiger partial charge in [0.15, 0.2) is 11.5 Å². The Bertz CT molecular complexity index is 1100. The van der Waals surface area contributed by atoms with E-state index in [1.807, 2.05) is 42.5 Å². The predicted molar refractivity (Wildman–Crippen MR) is 140 cm³/mol. The fraction of sp³-hybridized carbons (Fsp3) is 0.400. The van der Waals surface area contributed by atoms with Gasteiger partial charge in [0.05, 0.1) is 0 Å². The first-order chi connectivity index (χ1) is 16.8. The van der Waals surface area contributed by atoms with E-state index < -0.39 is 0 Å². The highest BCUT2D eigenvalue weighted by Gasteiger charge is 2.25. The van der Waals surface area contributed by atoms with E-state index in [4.69, 9.17) is 9.47 Å². The largest absolute Gasteiger partial charge is 0.508 e. The van der Waals surface area contributed by atoms with Crippen LogP contribution in [0.15, 0.2) is 60.7 Å². The number of nitrogens with zero attached hydrogens (tertiary/aromatic N) is 1. The zero-order valence-electron chi connectivity index (χ0n) is 21.2. The summed E-state index contributed by atoms with van der Waals surface area (Å²) in [5, 5.41) is 20.2. The quantitative estimate of drug-likeness (QED) is 0.362. The van der Waals surface area contributed by atoms with E-state index in [9.17, 15) is 10.2 Å². The highest BCUT2D eigenvalue weighted by Crippen LogP contribution is 2.43. The number of aromatic hydroxyl groups is 2. The molecule has 1 atom stereocenters. The highest BCUT2D eigenvalue weighted by atomic mass is 16.5. The molecule has 0 radical (unpaired) electrons. The van der Waals surface area contributed by atoms with Crippen molar-refractivity contribution in [2.24, 2.45) is 0 Å². The van der Waals surface area contributed by atoms with Crippen molar-refractivity contribution in [3.8, 4) is 28.7 Å². The maximum absolute atomic E-state index is 10.6. The summed E-state index contributed by atoms with van der Waals surface area (Å²) < 4.78 is 12.1. The summed E-state index contributed by atoms with van der Waals surface area (Å²) in [5.74, 6) is 2.86. The third-order valence-electron chi connectivity index (χ3n) is 6.90. The van der Waals surface area contributed by atoms with Gasteiger partial charge in [0.25, 0.3) is 0 Å². The zero-order chi connectivity index (χ0) is 24.9. The Morgan fingerprint density at radius 3 is 2.17 bits per heavy atom. The monoisotopic (exact) mass is 475 g/mol. The normalized spacial score (nSPS) is 15.5. The van der Waals surface area contributed by atoms with Crippen molar-refractivity contribution in [1.82, 2.24) is 4.90 Å². The van der Waals surface area contributed by atoms with Crippen molar-refractivity contribution in [3.63, 3.8) is 0 Å². The molecule has 3 aromatic carbocycles. The predicted octanol–water partition coefficient (Wildman–Crippen LogP) is 6.66. The third kappa shape index (κ3) is 6.09. The number of fused-ring (bicyclic) bond motifs is 1. The molecule has 0 saturated heterocycles. The first kappa shape index (κ1) is 24.9. The first-order valence-electron chi connectivity index (χ1n) is 12.6. The standard InChI is InChI=1S/C30H37NO4/c1-20(2)31(21(3)4)17-18-34-26-11-13-27(14-12-26)35-30-28-15-7-23(19-24(28)8-16-29(30)33)22-5-9-25(32)10-6-22/h5-6,8-14,16,20-21,23,32-33H,7,15,17-19H2,1-4H3. The van der Waals surface area contributed by atoms with Gasteiger partial charge in [-0.15, -0.1) is 0 Å². The number of phenols is 2. The van der Waals surface area contributed by atoms with Gasteiger partial charge in [0.1, 0.15) is 23.9 Å². The number of rotatable bonds is 9. The minimum absolute atomic E-state index is 0.162. The molecule has 0 heterocycles. The van der Waals surface area contributed by atoms with E-state index in [1.165, 1.54) is 11.1 Å². The second-order valence-electron chi connectivity index (χ2n) is 9.93. The Balaban J connectivity index is 1.41. The molecule has 3 aromatic rings. The van der Waals surface area contributed by atoms with E-state index in [1.54, 1.807) is 18.2 Å². The molecule has 0 aliphatic heterocycles. The Kier molecular flexibility index (Phi) is 7.86. The number of hydrogen-bond donors (Lipinski definition) is 2. The lowest BCUT2D eigenvalue weighted by molar-refractivity contribution is 0.142. The molecule has 0 fully saturated rings. The SMILES string of the molecule is CC(C)N(CCOc1ccc(Oc2c(O)ccc3c2CCC(c2ccc(O)cc2)C3)cc1)C(C)C. The van der Waals surface area contributed by atoms with E-state index in [0.717, 1.165) is 37.1 Å². The van der Waals surface area contributed by atoms with Crippen LogP contribution < -0.4 is 9.47 Å². The second-order valence-corrected chi connectivity index (χ2v) is 9.93. The summed E-state index contributed by atoms with van der Waals surface area (Å²) in [5.41, 5.74) is 3.49. The summed E-state index contributed by atoms with van der Waals surface area (Å²) in [7, 11) is 0. The average molecular weight is 476 g/mol. The number of benzene rings is 3. The fourth-order valence-corrected chi connectivity index (χ4v) is 5.06. The molecule has 0 saturated carbocycles. The van der Waals surface area contributed by atoms with Crippen LogP contribution in [-0.2, 0) is 12.8 Å². The zero-order valence-corrected chi connectivity index (χ0v) is 21.2. The van der Waals surface area contributed by atoms with Crippen molar-refractivity contribution in [2.45, 2.75) is 65.0 Å². The van der Waals surface area contributed by atoms with Crippen LogP contribution in [0.2, 0.25) is 0 Å². The van der Waals surface area contributed by atoms with Crippen LogP contribution in [0, 0.1) is 0 Å². The van der Waals surface area contributed by atoms with E-state index in [2.05, 4.69) is 32.6 Å².